The van der Waals surface area contributed by atoms with Crippen LogP contribution in [0.4, 0.5) is 19.0 Å². The zero-order chi connectivity index (χ0) is 29.0. The lowest BCUT2D eigenvalue weighted by Crippen LogP contribution is -2.50. The molecule has 2 aliphatic rings. The summed E-state index contributed by atoms with van der Waals surface area (Å²) in [4.78, 5) is 54.4. The van der Waals surface area contributed by atoms with Gasteiger partial charge in [0.1, 0.15) is 17.2 Å². The van der Waals surface area contributed by atoms with E-state index >= 15 is 4.39 Å². The number of pyridine rings is 2. The molecule has 1 aliphatic carbocycles. The van der Waals surface area contributed by atoms with Crippen molar-refractivity contribution in [2.24, 2.45) is 17.6 Å². The number of carbonyl (C=O) groups is 3. The second kappa shape index (κ2) is 10.0. The minimum atomic E-state index is -1.60. The fourth-order valence-corrected chi connectivity index (χ4v) is 5.10. The number of anilines is 1. The van der Waals surface area contributed by atoms with E-state index in [1.807, 2.05) is 0 Å². The highest BCUT2D eigenvalue weighted by molar-refractivity contribution is 5.99. The number of carboxylic acids is 1. The second-order valence-electron chi connectivity index (χ2n) is 10.1. The van der Waals surface area contributed by atoms with Crippen LogP contribution in [0.15, 0.2) is 35.3 Å². The normalized spacial score (nSPS) is 21.1. The molecule has 14 heteroatoms. The molecule has 2 amide bonds. The predicted octanol–water partition coefficient (Wildman–Crippen LogP) is 0.904. The molecule has 0 spiro atoms. The van der Waals surface area contributed by atoms with Crippen LogP contribution in [0.25, 0.3) is 16.7 Å². The summed E-state index contributed by atoms with van der Waals surface area (Å²) < 4.78 is 44.5. The Hall–Kier alpha value is -4.30. The van der Waals surface area contributed by atoms with Crippen molar-refractivity contribution in [1.29, 1.82) is 0 Å². The Morgan fingerprint density at radius 3 is 2.35 bits per heavy atom. The van der Waals surface area contributed by atoms with Gasteiger partial charge in [0.05, 0.1) is 23.2 Å². The van der Waals surface area contributed by atoms with Crippen LogP contribution in [-0.2, 0) is 9.59 Å². The van der Waals surface area contributed by atoms with Crippen molar-refractivity contribution >= 4 is 34.6 Å². The zero-order valence-corrected chi connectivity index (χ0v) is 21.3. The number of piperidine rings is 1. The minimum Gasteiger partial charge on any atom is -0.477 e. The summed E-state index contributed by atoms with van der Waals surface area (Å²) in [5.41, 5.74) is 3.26. The number of hydrogen-bond donors (Lipinski definition) is 4. The maximum Gasteiger partial charge on any atom is 0.341 e. The molecule has 11 nitrogen and oxygen atoms in total. The molecule has 1 aliphatic heterocycles. The molecule has 2 aromatic heterocycles. The summed E-state index contributed by atoms with van der Waals surface area (Å²) in [5.74, 6) is -5.51. The maximum atomic E-state index is 15.3. The summed E-state index contributed by atoms with van der Waals surface area (Å²) in [6, 6.07) is 1.92. The van der Waals surface area contributed by atoms with E-state index in [0.29, 0.717) is 19.2 Å². The molecule has 5 atom stereocenters. The highest BCUT2D eigenvalue weighted by atomic mass is 19.1. The molecule has 2 fully saturated rings. The van der Waals surface area contributed by atoms with Crippen LogP contribution in [0.5, 0.6) is 0 Å². The van der Waals surface area contributed by atoms with E-state index in [-0.39, 0.29) is 40.4 Å². The van der Waals surface area contributed by atoms with Crippen LogP contribution in [0, 0.1) is 29.3 Å². The van der Waals surface area contributed by atoms with Gasteiger partial charge in [-0.3, -0.25) is 24.3 Å². The van der Waals surface area contributed by atoms with Gasteiger partial charge in [-0.1, -0.05) is 0 Å². The summed E-state index contributed by atoms with van der Waals surface area (Å²) in [7, 11) is 0. The van der Waals surface area contributed by atoms with Gasteiger partial charge in [-0.2, -0.15) is 0 Å². The van der Waals surface area contributed by atoms with E-state index in [4.69, 9.17) is 5.73 Å². The van der Waals surface area contributed by atoms with Crippen molar-refractivity contribution in [1.82, 2.24) is 20.2 Å². The molecule has 3 heterocycles. The van der Waals surface area contributed by atoms with Crippen molar-refractivity contribution in [2.45, 2.75) is 32.0 Å². The molecule has 40 heavy (non-hydrogen) atoms. The standard InChI is InChI=1S/C26H25F3N6O5/c1-10(30)24(37)33-25(38)11(2)31-20-14-7-34(8-15(14)20)23-18(29)6-13-21(36)16(26(39)40)9-35(22(13)32-23)19-4-3-12(27)5-17(19)28/h3-6,9-11,14-15,20,31H,7-8,30H2,1-2H3,(H,39,40)(H,33,37,38)/t10-,11-,14-,15+,20?/m0/s1. The molecule has 1 aromatic carbocycles. The number of hydrogen-bond acceptors (Lipinski definition) is 8. The van der Waals surface area contributed by atoms with E-state index in [1.165, 1.54) is 6.92 Å². The van der Waals surface area contributed by atoms with Gasteiger partial charge in [-0.15, -0.1) is 0 Å². The number of amides is 2. The number of benzene rings is 1. The molecule has 0 bridgehead atoms. The van der Waals surface area contributed by atoms with E-state index in [1.54, 1.807) is 11.8 Å². The Morgan fingerprint density at radius 2 is 1.75 bits per heavy atom. The Balaban J connectivity index is 1.42. The number of aromatic nitrogens is 2. The van der Waals surface area contributed by atoms with Gasteiger partial charge >= 0.3 is 5.97 Å². The first kappa shape index (κ1) is 27.3. The average molecular weight is 559 g/mol. The number of aromatic carboxylic acids is 1. The third-order valence-electron chi connectivity index (χ3n) is 7.30. The minimum absolute atomic E-state index is 0.0439. The Kier molecular flexibility index (Phi) is 6.84. The number of rotatable bonds is 7. The molecular formula is C26H25F3N6O5. The molecule has 0 radical (unpaired) electrons. The van der Waals surface area contributed by atoms with Crippen molar-refractivity contribution < 1.29 is 32.7 Å². The van der Waals surface area contributed by atoms with E-state index < -0.39 is 58.3 Å². The van der Waals surface area contributed by atoms with Crippen molar-refractivity contribution in [3.63, 3.8) is 0 Å². The second-order valence-corrected chi connectivity index (χ2v) is 10.1. The van der Waals surface area contributed by atoms with Crippen LogP contribution in [-0.4, -0.2) is 63.7 Å². The van der Waals surface area contributed by atoms with Crippen LogP contribution >= 0.6 is 0 Å². The van der Waals surface area contributed by atoms with Crippen LogP contribution < -0.4 is 26.7 Å². The summed E-state index contributed by atoms with van der Waals surface area (Å²) in [5, 5.41) is 14.5. The van der Waals surface area contributed by atoms with Gasteiger partial charge in [-0.05, 0) is 43.9 Å². The number of imide groups is 1. The molecule has 5 N–H and O–H groups in total. The lowest BCUT2D eigenvalue weighted by atomic mass is 10.1. The summed E-state index contributed by atoms with van der Waals surface area (Å²) >= 11 is 0. The smallest absolute Gasteiger partial charge is 0.341 e. The Morgan fingerprint density at radius 1 is 1.07 bits per heavy atom. The first-order valence-corrected chi connectivity index (χ1v) is 12.4. The molecule has 5 rings (SSSR count). The van der Waals surface area contributed by atoms with E-state index in [0.717, 1.165) is 29.0 Å². The Labute approximate surface area is 224 Å². The van der Waals surface area contributed by atoms with Crippen LogP contribution in [0.2, 0.25) is 0 Å². The molecular weight excluding hydrogens is 533 g/mol. The topological polar surface area (TPSA) is 160 Å². The van der Waals surface area contributed by atoms with Crippen molar-refractivity contribution in [2.75, 3.05) is 18.0 Å². The third kappa shape index (κ3) is 4.79. The number of nitrogens with zero attached hydrogens (tertiary/aromatic N) is 3. The van der Waals surface area contributed by atoms with Gasteiger partial charge in [0.2, 0.25) is 17.2 Å². The first-order chi connectivity index (χ1) is 18.9. The van der Waals surface area contributed by atoms with Gasteiger partial charge in [-0.25, -0.2) is 22.9 Å². The van der Waals surface area contributed by atoms with Crippen LogP contribution in [0.1, 0.15) is 24.2 Å². The number of carbonyl (C=O) groups excluding carboxylic acids is 2. The average Bonchev–Trinajstić information content (AvgIpc) is 3.31. The van der Waals surface area contributed by atoms with Crippen LogP contribution in [0.3, 0.4) is 0 Å². The fourth-order valence-electron chi connectivity index (χ4n) is 5.10. The third-order valence-corrected chi connectivity index (χ3v) is 7.30. The maximum absolute atomic E-state index is 15.3. The quantitative estimate of drug-likeness (QED) is 0.331. The van der Waals surface area contributed by atoms with E-state index in [2.05, 4.69) is 15.6 Å². The zero-order valence-electron chi connectivity index (χ0n) is 21.3. The highest BCUT2D eigenvalue weighted by Gasteiger charge is 2.56. The van der Waals surface area contributed by atoms with Gasteiger partial charge in [0, 0.05) is 31.4 Å². The Bertz CT molecular complexity index is 1610. The van der Waals surface area contributed by atoms with Crippen molar-refractivity contribution in [3.05, 3.63) is 63.7 Å². The fraction of sp³-hybridized carbons (Fsp3) is 0.346. The summed E-state index contributed by atoms with van der Waals surface area (Å²) in [6.45, 7) is 3.78. The largest absolute Gasteiger partial charge is 0.477 e. The molecule has 1 saturated carbocycles. The SMILES string of the molecule is C[C@H](N)C(=O)NC(=O)[C@H](C)NC1[C@H]2CN(c3nc4c(cc3F)c(=O)c(C(=O)O)cn4-c3ccc(F)cc3F)C[C@@H]12. The molecule has 1 saturated heterocycles. The lowest BCUT2D eigenvalue weighted by molar-refractivity contribution is -0.132. The number of nitrogens with one attached hydrogen (secondary N) is 2. The van der Waals surface area contributed by atoms with Gasteiger partial charge in [0.25, 0.3) is 0 Å². The monoisotopic (exact) mass is 558 g/mol. The van der Waals surface area contributed by atoms with Crippen molar-refractivity contribution in [3.8, 4) is 5.69 Å². The predicted molar refractivity (Wildman–Crippen MR) is 137 cm³/mol. The highest BCUT2D eigenvalue weighted by Crippen LogP contribution is 2.47. The first-order valence-electron chi connectivity index (χ1n) is 12.4. The number of nitrogens with two attached hydrogens (primary N) is 1. The summed E-state index contributed by atoms with van der Waals surface area (Å²) in [6.07, 6.45) is 0.877. The van der Waals surface area contributed by atoms with Gasteiger partial charge in [0.15, 0.2) is 17.3 Å². The number of fused-ring (bicyclic) bond motifs is 2. The molecule has 1 unspecified atom stereocenters. The molecule has 3 aromatic rings. The number of halogens is 3. The van der Waals surface area contributed by atoms with E-state index in [9.17, 15) is 33.1 Å². The lowest BCUT2D eigenvalue weighted by Gasteiger charge is -2.24. The molecule has 210 valence electrons. The van der Waals surface area contributed by atoms with Gasteiger partial charge < -0.3 is 21.1 Å². The number of carboxylic acid groups (broad SMARTS) is 1.